The third kappa shape index (κ3) is 3.95. The van der Waals surface area contributed by atoms with Crippen molar-refractivity contribution in [1.82, 2.24) is 4.90 Å². The first kappa shape index (κ1) is 15.3. The largest absolute Gasteiger partial charge is 0.497 e. The maximum atomic E-state index is 10.4. The molecule has 2 rings (SSSR count). The number of β-amino-alcohol motifs (C(OH)–C–C–N with tert-alkyl or cyclic N) is 1. The number of aliphatic hydroxyl groups is 1. The third-order valence-electron chi connectivity index (χ3n) is 3.55. The molecule has 1 fully saturated rings. The fourth-order valence-electron chi connectivity index (χ4n) is 2.92. The van der Waals surface area contributed by atoms with E-state index in [1.165, 1.54) is 0 Å². The molecule has 1 aliphatic rings. The zero-order valence-corrected chi connectivity index (χ0v) is 12.8. The number of benzene rings is 1. The molecule has 0 aromatic heterocycles. The van der Waals surface area contributed by atoms with Gasteiger partial charge in [0, 0.05) is 19.6 Å². The van der Waals surface area contributed by atoms with E-state index in [1.807, 2.05) is 24.3 Å². The van der Waals surface area contributed by atoms with Gasteiger partial charge in [0.2, 0.25) is 0 Å². The van der Waals surface area contributed by atoms with E-state index in [0.29, 0.717) is 6.54 Å². The van der Waals surface area contributed by atoms with Crippen molar-refractivity contribution in [2.45, 2.75) is 38.6 Å². The highest BCUT2D eigenvalue weighted by Crippen LogP contribution is 2.24. The summed E-state index contributed by atoms with van der Waals surface area (Å²) < 4.78 is 11.1. The van der Waals surface area contributed by atoms with Gasteiger partial charge in [0.05, 0.1) is 24.9 Å². The van der Waals surface area contributed by atoms with Gasteiger partial charge in [0.15, 0.2) is 0 Å². The molecule has 2 atom stereocenters. The number of rotatable bonds is 4. The van der Waals surface area contributed by atoms with Crippen LogP contribution >= 0.6 is 0 Å². The average Bonchev–Trinajstić information content (AvgIpc) is 2.36. The number of methoxy groups -OCH3 is 1. The Labute approximate surface area is 121 Å². The summed E-state index contributed by atoms with van der Waals surface area (Å²) >= 11 is 0. The van der Waals surface area contributed by atoms with Gasteiger partial charge in [-0.1, -0.05) is 12.1 Å². The van der Waals surface area contributed by atoms with E-state index in [1.54, 1.807) is 7.11 Å². The van der Waals surface area contributed by atoms with Crippen LogP contribution in [0.15, 0.2) is 24.3 Å². The van der Waals surface area contributed by atoms with E-state index in [-0.39, 0.29) is 11.7 Å². The predicted octanol–water partition coefficient (Wildman–Crippen LogP) is 2.23. The van der Waals surface area contributed by atoms with Gasteiger partial charge in [-0.05, 0) is 38.5 Å². The van der Waals surface area contributed by atoms with E-state index < -0.39 is 6.10 Å². The van der Waals surface area contributed by atoms with Gasteiger partial charge in [0.25, 0.3) is 0 Å². The Morgan fingerprint density at radius 2 is 2.25 bits per heavy atom. The van der Waals surface area contributed by atoms with Gasteiger partial charge < -0.3 is 14.6 Å². The SMILES string of the molecule is COc1cccc(C(O)CN2CC(C)OC(C)(C)C2)c1. The molecule has 1 aromatic rings. The molecule has 4 heteroatoms. The number of ether oxygens (including phenoxy) is 2. The van der Waals surface area contributed by atoms with E-state index in [9.17, 15) is 5.11 Å². The number of hydrogen-bond acceptors (Lipinski definition) is 4. The van der Waals surface area contributed by atoms with Crippen molar-refractivity contribution in [2.24, 2.45) is 0 Å². The molecule has 1 aromatic carbocycles. The van der Waals surface area contributed by atoms with Crippen LogP contribution in [0.25, 0.3) is 0 Å². The van der Waals surface area contributed by atoms with E-state index in [2.05, 4.69) is 25.7 Å². The topological polar surface area (TPSA) is 41.9 Å². The summed E-state index contributed by atoms with van der Waals surface area (Å²) in [5.41, 5.74) is 0.729. The second-order valence-corrected chi connectivity index (χ2v) is 6.17. The molecule has 1 N–H and O–H groups in total. The second-order valence-electron chi connectivity index (χ2n) is 6.17. The second kappa shape index (κ2) is 6.12. The molecule has 0 aliphatic carbocycles. The van der Waals surface area contributed by atoms with Gasteiger partial charge in [0.1, 0.15) is 5.75 Å². The molecular weight excluding hydrogens is 254 g/mol. The van der Waals surface area contributed by atoms with Gasteiger partial charge in [-0.25, -0.2) is 0 Å². The zero-order valence-electron chi connectivity index (χ0n) is 12.8. The van der Waals surface area contributed by atoms with Crippen LogP contribution < -0.4 is 4.74 Å². The average molecular weight is 279 g/mol. The lowest BCUT2D eigenvalue weighted by atomic mass is 10.0. The Hall–Kier alpha value is -1.10. The van der Waals surface area contributed by atoms with E-state index >= 15 is 0 Å². The minimum Gasteiger partial charge on any atom is -0.497 e. The molecule has 1 saturated heterocycles. The Kier molecular flexibility index (Phi) is 4.68. The lowest BCUT2D eigenvalue weighted by Gasteiger charge is -2.42. The molecule has 2 unspecified atom stereocenters. The van der Waals surface area contributed by atoms with Crippen LogP contribution in [0.1, 0.15) is 32.4 Å². The molecule has 112 valence electrons. The maximum absolute atomic E-state index is 10.4. The Morgan fingerprint density at radius 1 is 1.50 bits per heavy atom. The summed E-state index contributed by atoms with van der Waals surface area (Å²) in [5.74, 6) is 0.775. The number of morpholine rings is 1. The van der Waals surface area contributed by atoms with Crippen molar-refractivity contribution in [1.29, 1.82) is 0 Å². The van der Waals surface area contributed by atoms with Crippen LogP contribution in [-0.4, -0.2) is 48.5 Å². The minimum absolute atomic E-state index is 0.161. The number of hydrogen-bond donors (Lipinski definition) is 1. The zero-order chi connectivity index (χ0) is 14.8. The highest BCUT2D eigenvalue weighted by atomic mass is 16.5. The fourth-order valence-corrected chi connectivity index (χ4v) is 2.92. The summed E-state index contributed by atoms with van der Waals surface area (Å²) in [6, 6.07) is 7.61. The van der Waals surface area contributed by atoms with Crippen molar-refractivity contribution < 1.29 is 14.6 Å². The first-order valence-electron chi connectivity index (χ1n) is 7.12. The summed E-state index contributed by atoms with van der Waals surface area (Å²) in [7, 11) is 1.64. The van der Waals surface area contributed by atoms with Crippen molar-refractivity contribution in [3.05, 3.63) is 29.8 Å². The number of aliphatic hydroxyl groups excluding tert-OH is 1. The lowest BCUT2D eigenvalue weighted by Crippen LogP contribution is -2.52. The minimum atomic E-state index is -0.508. The standard InChI is InChI=1S/C16H25NO3/c1-12-9-17(11-16(2,3)20-12)10-15(18)13-6-5-7-14(8-13)19-4/h5-8,12,15,18H,9-11H2,1-4H3. The third-order valence-corrected chi connectivity index (χ3v) is 3.55. The molecular formula is C16H25NO3. The van der Waals surface area contributed by atoms with Gasteiger partial charge in [-0.15, -0.1) is 0 Å². The van der Waals surface area contributed by atoms with Crippen LogP contribution in [0.2, 0.25) is 0 Å². The molecule has 1 aliphatic heterocycles. The van der Waals surface area contributed by atoms with Crippen LogP contribution in [0.5, 0.6) is 5.75 Å². The van der Waals surface area contributed by atoms with E-state index in [4.69, 9.17) is 9.47 Å². The van der Waals surface area contributed by atoms with Crippen molar-refractivity contribution in [3.8, 4) is 5.75 Å². The molecule has 0 bridgehead atoms. The maximum Gasteiger partial charge on any atom is 0.119 e. The quantitative estimate of drug-likeness (QED) is 0.917. The molecule has 20 heavy (non-hydrogen) atoms. The van der Waals surface area contributed by atoms with Crippen LogP contribution in [0.3, 0.4) is 0 Å². The summed E-state index contributed by atoms with van der Waals surface area (Å²) in [6.45, 7) is 8.56. The lowest BCUT2D eigenvalue weighted by molar-refractivity contribution is -0.133. The molecule has 4 nitrogen and oxygen atoms in total. The highest BCUT2D eigenvalue weighted by Gasteiger charge is 2.32. The summed E-state index contributed by atoms with van der Waals surface area (Å²) in [4.78, 5) is 2.26. The Morgan fingerprint density at radius 3 is 2.90 bits per heavy atom. The fraction of sp³-hybridized carbons (Fsp3) is 0.625. The first-order chi connectivity index (χ1) is 9.39. The van der Waals surface area contributed by atoms with Crippen LogP contribution in [0.4, 0.5) is 0 Å². The summed E-state index contributed by atoms with van der Waals surface area (Å²) in [6.07, 6.45) is -0.317. The smallest absolute Gasteiger partial charge is 0.119 e. The normalized spacial score (nSPS) is 24.4. The molecule has 0 amide bonds. The first-order valence-corrected chi connectivity index (χ1v) is 7.12. The highest BCUT2D eigenvalue weighted by molar-refractivity contribution is 5.29. The molecule has 1 heterocycles. The van der Waals surface area contributed by atoms with Crippen molar-refractivity contribution in [3.63, 3.8) is 0 Å². The van der Waals surface area contributed by atoms with Crippen LogP contribution in [0, 0.1) is 0 Å². The molecule has 0 saturated carbocycles. The monoisotopic (exact) mass is 279 g/mol. The van der Waals surface area contributed by atoms with E-state index in [0.717, 1.165) is 24.4 Å². The van der Waals surface area contributed by atoms with Crippen LogP contribution in [-0.2, 0) is 4.74 Å². The van der Waals surface area contributed by atoms with Gasteiger partial charge in [-0.3, -0.25) is 4.90 Å². The Balaban J connectivity index is 2.01. The summed E-state index contributed by atoms with van der Waals surface area (Å²) in [5, 5.41) is 10.4. The van der Waals surface area contributed by atoms with Gasteiger partial charge in [-0.2, -0.15) is 0 Å². The predicted molar refractivity (Wildman–Crippen MR) is 79.0 cm³/mol. The number of nitrogens with zero attached hydrogens (tertiary/aromatic N) is 1. The van der Waals surface area contributed by atoms with Crippen molar-refractivity contribution >= 4 is 0 Å². The van der Waals surface area contributed by atoms with Crippen molar-refractivity contribution in [2.75, 3.05) is 26.7 Å². The Bertz CT molecular complexity index is 447. The molecule has 0 spiro atoms. The van der Waals surface area contributed by atoms with Gasteiger partial charge >= 0.3 is 0 Å². The molecule has 0 radical (unpaired) electrons.